The van der Waals surface area contributed by atoms with Gasteiger partial charge in [0.1, 0.15) is 0 Å². The number of benzene rings is 1. The fraction of sp³-hybridized carbons (Fsp3) is 0.438. The van der Waals surface area contributed by atoms with Crippen LogP contribution in [0.25, 0.3) is 10.8 Å². The summed E-state index contributed by atoms with van der Waals surface area (Å²) in [6.45, 7) is 5.95. The zero-order valence-corrected chi connectivity index (χ0v) is 15.0. The molecule has 1 aliphatic heterocycles. The van der Waals surface area contributed by atoms with Gasteiger partial charge in [-0.15, -0.1) is 12.4 Å². The SMILES string of the molecule is Cc1cncc2cccc(S(=O)(=O)N3CCCNC[C@H]3C)c12.Cl. The highest BCUT2D eigenvalue weighted by Gasteiger charge is 2.31. The minimum absolute atomic E-state index is 0. The second kappa shape index (κ2) is 7.13. The Morgan fingerprint density at radius 2 is 2.09 bits per heavy atom. The number of hydrogen-bond donors (Lipinski definition) is 1. The molecule has 5 nitrogen and oxygen atoms in total. The van der Waals surface area contributed by atoms with Crippen LogP contribution in [0.1, 0.15) is 18.9 Å². The number of aromatic nitrogens is 1. The number of fused-ring (bicyclic) bond motifs is 1. The first kappa shape index (κ1) is 18.1. The van der Waals surface area contributed by atoms with Crippen molar-refractivity contribution >= 4 is 33.2 Å². The summed E-state index contributed by atoms with van der Waals surface area (Å²) in [5.74, 6) is 0. The fourth-order valence-electron chi connectivity index (χ4n) is 3.06. The van der Waals surface area contributed by atoms with Gasteiger partial charge in [0.2, 0.25) is 10.0 Å². The van der Waals surface area contributed by atoms with Crippen LogP contribution in [0.15, 0.2) is 35.5 Å². The maximum absolute atomic E-state index is 13.2. The van der Waals surface area contributed by atoms with E-state index in [-0.39, 0.29) is 18.4 Å². The summed E-state index contributed by atoms with van der Waals surface area (Å²) in [5, 5.41) is 4.93. The molecule has 1 atom stereocenters. The molecule has 2 heterocycles. The zero-order chi connectivity index (χ0) is 15.7. The van der Waals surface area contributed by atoms with Gasteiger partial charge in [-0.1, -0.05) is 12.1 Å². The monoisotopic (exact) mass is 355 g/mol. The van der Waals surface area contributed by atoms with E-state index in [0.29, 0.717) is 18.0 Å². The standard InChI is InChI=1S/C16H21N3O2S.ClH/c1-12-9-18-11-14-5-3-6-15(16(12)14)22(20,21)19-8-4-7-17-10-13(19)2;/h3,5-6,9,11,13,17H,4,7-8,10H2,1-2H3;1H/t13-;/m1./s1. The predicted octanol–water partition coefficient (Wildman–Crippen LogP) is 2.34. The van der Waals surface area contributed by atoms with E-state index in [1.54, 1.807) is 28.8 Å². The lowest BCUT2D eigenvalue weighted by atomic mass is 10.1. The van der Waals surface area contributed by atoms with Crippen molar-refractivity contribution in [2.24, 2.45) is 0 Å². The van der Waals surface area contributed by atoms with Crippen LogP contribution in [0.2, 0.25) is 0 Å². The summed E-state index contributed by atoms with van der Waals surface area (Å²) in [5.41, 5.74) is 0.886. The summed E-state index contributed by atoms with van der Waals surface area (Å²) in [6, 6.07) is 5.35. The maximum Gasteiger partial charge on any atom is 0.243 e. The van der Waals surface area contributed by atoms with Gasteiger partial charge in [0.05, 0.1) is 4.90 Å². The van der Waals surface area contributed by atoms with E-state index in [1.807, 2.05) is 19.9 Å². The van der Waals surface area contributed by atoms with Crippen LogP contribution < -0.4 is 5.32 Å². The molecule has 1 N–H and O–H groups in total. The third-order valence-electron chi connectivity index (χ3n) is 4.18. The molecule has 0 unspecified atom stereocenters. The van der Waals surface area contributed by atoms with Crippen molar-refractivity contribution in [3.05, 3.63) is 36.2 Å². The average Bonchev–Trinajstić information content (AvgIpc) is 2.72. The van der Waals surface area contributed by atoms with E-state index >= 15 is 0 Å². The number of pyridine rings is 1. The maximum atomic E-state index is 13.2. The Morgan fingerprint density at radius 1 is 1.30 bits per heavy atom. The molecule has 0 radical (unpaired) electrons. The second-order valence-corrected chi connectivity index (χ2v) is 7.69. The zero-order valence-electron chi connectivity index (χ0n) is 13.3. The van der Waals surface area contributed by atoms with Crippen LogP contribution in [0.3, 0.4) is 0 Å². The first-order valence-corrected chi connectivity index (χ1v) is 9.01. The number of nitrogens with one attached hydrogen (secondary N) is 1. The third-order valence-corrected chi connectivity index (χ3v) is 6.24. The van der Waals surface area contributed by atoms with Gasteiger partial charge in [0.25, 0.3) is 0 Å². The van der Waals surface area contributed by atoms with Crippen molar-refractivity contribution in [3.63, 3.8) is 0 Å². The molecular weight excluding hydrogens is 334 g/mol. The Balaban J connectivity index is 0.00000192. The van der Waals surface area contributed by atoms with Crippen molar-refractivity contribution in [1.82, 2.24) is 14.6 Å². The summed E-state index contributed by atoms with van der Waals surface area (Å²) in [4.78, 5) is 4.55. The second-order valence-electron chi connectivity index (χ2n) is 5.83. The topological polar surface area (TPSA) is 62.3 Å². The summed E-state index contributed by atoms with van der Waals surface area (Å²) in [6.07, 6.45) is 4.26. The van der Waals surface area contributed by atoms with Crippen molar-refractivity contribution in [2.45, 2.75) is 31.2 Å². The van der Waals surface area contributed by atoms with E-state index in [4.69, 9.17) is 0 Å². The lowest BCUT2D eigenvalue weighted by Gasteiger charge is -2.26. The lowest BCUT2D eigenvalue weighted by molar-refractivity contribution is 0.354. The van der Waals surface area contributed by atoms with Gasteiger partial charge in [-0.2, -0.15) is 4.31 Å². The Bertz CT molecular complexity index is 790. The number of halogens is 1. The van der Waals surface area contributed by atoms with Crippen LogP contribution in [-0.2, 0) is 10.0 Å². The molecule has 126 valence electrons. The number of nitrogens with zero attached hydrogens (tertiary/aromatic N) is 2. The molecule has 0 spiro atoms. The van der Waals surface area contributed by atoms with E-state index in [1.165, 1.54) is 0 Å². The van der Waals surface area contributed by atoms with Gasteiger partial charge in [0, 0.05) is 42.3 Å². The Kier molecular flexibility index (Phi) is 5.62. The highest BCUT2D eigenvalue weighted by Crippen LogP contribution is 2.29. The molecule has 1 aromatic carbocycles. The lowest BCUT2D eigenvalue weighted by Crippen LogP contribution is -2.41. The largest absolute Gasteiger partial charge is 0.315 e. The first-order valence-electron chi connectivity index (χ1n) is 7.57. The number of rotatable bonds is 2. The van der Waals surface area contributed by atoms with Crippen LogP contribution >= 0.6 is 12.4 Å². The summed E-state index contributed by atoms with van der Waals surface area (Å²) >= 11 is 0. The van der Waals surface area contributed by atoms with Gasteiger partial charge < -0.3 is 5.32 Å². The van der Waals surface area contributed by atoms with Crippen molar-refractivity contribution in [3.8, 4) is 0 Å². The molecule has 1 fully saturated rings. The third kappa shape index (κ3) is 3.35. The van der Waals surface area contributed by atoms with E-state index in [2.05, 4.69) is 10.3 Å². The van der Waals surface area contributed by atoms with E-state index < -0.39 is 10.0 Å². The van der Waals surface area contributed by atoms with Crippen LogP contribution in [0.5, 0.6) is 0 Å². The molecular formula is C16H22ClN3O2S. The molecule has 7 heteroatoms. The average molecular weight is 356 g/mol. The van der Waals surface area contributed by atoms with Crippen LogP contribution in [-0.4, -0.2) is 43.4 Å². The first-order chi connectivity index (χ1) is 10.5. The fourth-order valence-corrected chi connectivity index (χ4v) is 5.02. The minimum Gasteiger partial charge on any atom is -0.315 e. The normalized spacial score (nSPS) is 20.0. The van der Waals surface area contributed by atoms with Gasteiger partial charge in [-0.25, -0.2) is 8.42 Å². The number of sulfonamides is 1. The number of hydrogen-bond acceptors (Lipinski definition) is 4. The summed E-state index contributed by atoms with van der Waals surface area (Å²) < 4.78 is 28.0. The smallest absolute Gasteiger partial charge is 0.243 e. The molecule has 3 rings (SSSR count). The highest BCUT2D eigenvalue weighted by molar-refractivity contribution is 7.89. The predicted molar refractivity (Wildman–Crippen MR) is 94.6 cm³/mol. The molecule has 0 amide bonds. The van der Waals surface area contributed by atoms with Gasteiger partial charge in [-0.3, -0.25) is 4.98 Å². The van der Waals surface area contributed by atoms with Crippen molar-refractivity contribution in [1.29, 1.82) is 0 Å². The molecule has 1 aromatic heterocycles. The molecule has 2 aromatic rings. The van der Waals surface area contributed by atoms with Crippen LogP contribution in [0.4, 0.5) is 0 Å². The molecule has 0 bridgehead atoms. The Labute approximate surface area is 143 Å². The molecule has 0 saturated carbocycles. The van der Waals surface area contributed by atoms with E-state index in [0.717, 1.165) is 29.3 Å². The highest BCUT2D eigenvalue weighted by atomic mass is 35.5. The van der Waals surface area contributed by atoms with Crippen molar-refractivity contribution < 1.29 is 8.42 Å². The molecule has 1 saturated heterocycles. The summed E-state index contributed by atoms with van der Waals surface area (Å²) in [7, 11) is -3.52. The van der Waals surface area contributed by atoms with Crippen LogP contribution in [0, 0.1) is 6.92 Å². The number of aryl methyl sites for hydroxylation is 1. The molecule has 1 aliphatic rings. The molecule has 0 aliphatic carbocycles. The Morgan fingerprint density at radius 3 is 2.87 bits per heavy atom. The quantitative estimate of drug-likeness (QED) is 0.898. The van der Waals surface area contributed by atoms with Crippen molar-refractivity contribution in [2.75, 3.05) is 19.6 Å². The van der Waals surface area contributed by atoms with E-state index in [9.17, 15) is 8.42 Å². The Hall–Kier alpha value is -1.21. The molecule has 23 heavy (non-hydrogen) atoms. The van der Waals surface area contributed by atoms with Gasteiger partial charge in [0.15, 0.2) is 0 Å². The van der Waals surface area contributed by atoms with Gasteiger partial charge in [-0.05, 0) is 38.4 Å². The minimum atomic E-state index is -3.52. The van der Waals surface area contributed by atoms with Gasteiger partial charge >= 0.3 is 0 Å².